The second-order valence-corrected chi connectivity index (χ2v) is 6.50. The molecule has 1 rings (SSSR count). The lowest BCUT2D eigenvalue weighted by molar-refractivity contribution is -0.120. The fourth-order valence-electron chi connectivity index (χ4n) is 1.62. The Morgan fingerprint density at radius 3 is 2.35 bits per heavy atom. The van der Waals surface area contributed by atoms with Crippen LogP contribution in [0.15, 0.2) is 29.2 Å². The third kappa shape index (κ3) is 5.28. The first-order valence-electron chi connectivity index (χ1n) is 6.43. The molecule has 0 radical (unpaired) electrons. The molecule has 0 heterocycles. The summed E-state index contributed by atoms with van der Waals surface area (Å²) >= 11 is 0. The van der Waals surface area contributed by atoms with Crippen LogP contribution in [0.1, 0.15) is 19.4 Å². The number of sulfonamides is 1. The van der Waals surface area contributed by atoms with Crippen molar-refractivity contribution in [1.82, 2.24) is 10.0 Å². The van der Waals surface area contributed by atoms with Crippen LogP contribution in [0.2, 0.25) is 0 Å². The largest absolute Gasteiger partial charge is 0.353 e. The van der Waals surface area contributed by atoms with E-state index in [1.54, 1.807) is 12.1 Å². The number of amides is 1. The molecule has 20 heavy (non-hydrogen) atoms. The third-order valence-corrected chi connectivity index (χ3v) is 3.96. The summed E-state index contributed by atoms with van der Waals surface area (Å²) in [6.45, 7) is 3.86. The van der Waals surface area contributed by atoms with Gasteiger partial charge in [-0.25, -0.2) is 13.1 Å². The van der Waals surface area contributed by atoms with Gasteiger partial charge in [0.2, 0.25) is 15.9 Å². The van der Waals surface area contributed by atoms with Crippen molar-refractivity contribution < 1.29 is 13.2 Å². The monoisotopic (exact) mass is 299 g/mol. The fourth-order valence-corrected chi connectivity index (χ4v) is 2.60. The number of nitrogens with two attached hydrogens (primary N) is 1. The quantitative estimate of drug-likeness (QED) is 0.659. The third-order valence-electron chi connectivity index (χ3n) is 2.54. The summed E-state index contributed by atoms with van der Waals surface area (Å²) in [6, 6.07) is 6.43. The van der Waals surface area contributed by atoms with Gasteiger partial charge in [0, 0.05) is 6.04 Å². The van der Waals surface area contributed by atoms with Crippen LogP contribution in [0.3, 0.4) is 0 Å². The van der Waals surface area contributed by atoms with E-state index in [0.29, 0.717) is 13.0 Å². The van der Waals surface area contributed by atoms with Gasteiger partial charge in [-0.2, -0.15) is 0 Å². The predicted molar refractivity (Wildman–Crippen MR) is 77.7 cm³/mol. The molecular weight excluding hydrogens is 278 g/mol. The summed E-state index contributed by atoms with van der Waals surface area (Å²) in [5.41, 5.74) is 6.41. The maximum absolute atomic E-state index is 12.0. The summed E-state index contributed by atoms with van der Waals surface area (Å²) in [4.78, 5) is 11.6. The molecule has 0 aromatic heterocycles. The lowest BCUT2D eigenvalue weighted by Crippen LogP contribution is -2.39. The number of carbonyl (C=O) groups excluding carboxylic acids is 1. The van der Waals surface area contributed by atoms with Crippen LogP contribution in [0.25, 0.3) is 0 Å². The minimum Gasteiger partial charge on any atom is -0.353 e. The molecule has 6 nitrogen and oxygen atoms in total. The second-order valence-electron chi connectivity index (χ2n) is 4.73. The molecule has 0 atom stereocenters. The normalized spacial score (nSPS) is 11.6. The molecular formula is C13H21N3O3S. The minimum atomic E-state index is -3.66. The van der Waals surface area contributed by atoms with E-state index < -0.39 is 10.0 Å². The van der Waals surface area contributed by atoms with Gasteiger partial charge in [0.15, 0.2) is 0 Å². The molecule has 112 valence electrons. The van der Waals surface area contributed by atoms with Gasteiger partial charge in [-0.05, 0) is 44.5 Å². The van der Waals surface area contributed by atoms with Crippen molar-refractivity contribution in [2.45, 2.75) is 31.2 Å². The molecule has 0 aliphatic rings. The fraction of sp³-hybridized carbons (Fsp3) is 0.462. The Bertz CT molecular complexity index is 538. The van der Waals surface area contributed by atoms with Gasteiger partial charge in [-0.3, -0.25) is 4.79 Å². The van der Waals surface area contributed by atoms with Gasteiger partial charge in [0.25, 0.3) is 0 Å². The van der Waals surface area contributed by atoms with E-state index in [1.807, 2.05) is 13.8 Å². The van der Waals surface area contributed by atoms with Crippen molar-refractivity contribution in [3.8, 4) is 0 Å². The maximum Gasteiger partial charge on any atom is 0.241 e. The first-order valence-corrected chi connectivity index (χ1v) is 7.91. The van der Waals surface area contributed by atoms with E-state index >= 15 is 0 Å². The van der Waals surface area contributed by atoms with Crippen LogP contribution in [-0.2, 0) is 21.2 Å². The average Bonchev–Trinajstić information content (AvgIpc) is 2.37. The van der Waals surface area contributed by atoms with E-state index in [2.05, 4.69) is 10.0 Å². The average molecular weight is 299 g/mol. The van der Waals surface area contributed by atoms with Crippen molar-refractivity contribution in [1.29, 1.82) is 0 Å². The van der Waals surface area contributed by atoms with Gasteiger partial charge in [0.1, 0.15) is 0 Å². The Kier molecular flexibility index (Phi) is 6.12. The van der Waals surface area contributed by atoms with E-state index in [9.17, 15) is 13.2 Å². The van der Waals surface area contributed by atoms with E-state index in [0.717, 1.165) is 5.56 Å². The van der Waals surface area contributed by atoms with E-state index in [-0.39, 0.29) is 23.4 Å². The first kappa shape index (κ1) is 16.6. The van der Waals surface area contributed by atoms with E-state index in [1.165, 1.54) is 12.1 Å². The summed E-state index contributed by atoms with van der Waals surface area (Å²) in [6.07, 6.45) is 0.699. The molecule has 0 saturated carbocycles. The molecule has 1 amide bonds. The molecule has 0 aliphatic heterocycles. The van der Waals surface area contributed by atoms with Crippen molar-refractivity contribution in [2.24, 2.45) is 5.73 Å². The second kappa shape index (κ2) is 7.37. The Hall–Kier alpha value is -1.44. The zero-order chi connectivity index (χ0) is 15.2. The summed E-state index contributed by atoms with van der Waals surface area (Å²) in [7, 11) is -3.66. The smallest absolute Gasteiger partial charge is 0.241 e. The number of nitrogens with one attached hydrogen (secondary N) is 2. The summed E-state index contributed by atoms with van der Waals surface area (Å²) < 4.78 is 26.2. The van der Waals surface area contributed by atoms with Crippen LogP contribution in [0.5, 0.6) is 0 Å². The molecule has 0 spiro atoms. The van der Waals surface area contributed by atoms with Gasteiger partial charge in [-0.15, -0.1) is 0 Å². The lowest BCUT2D eigenvalue weighted by atomic mass is 10.2. The number of rotatable bonds is 7. The molecule has 1 aromatic rings. The molecule has 7 heteroatoms. The van der Waals surface area contributed by atoms with Crippen LogP contribution in [0, 0.1) is 0 Å². The minimum absolute atomic E-state index is 0.0254. The van der Waals surface area contributed by atoms with Crippen LogP contribution in [0.4, 0.5) is 0 Å². The molecule has 1 aromatic carbocycles. The Morgan fingerprint density at radius 1 is 1.25 bits per heavy atom. The van der Waals surface area contributed by atoms with Crippen LogP contribution >= 0.6 is 0 Å². The maximum atomic E-state index is 12.0. The standard InChI is InChI=1S/C13H21N3O3S/c1-10(2)16-13(17)9-15-20(18,19)12-5-3-11(4-6-12)7-8-14/h3-6,10,15H,7-9,14H2,1-2H3,(H,16,17). The zero-order valence-electron chi connectivity index (χ0n) is 11.7. The molecule has 0 saturated heterocycles. The molecule has 0 bridgehead atoms. The van der Waals surface area contributed by atoms with E-state index in [4.69, 9.17) is 5.73 Å². The number of hydrogen-bond acceptors (Lipinski definition) is 4. The van der Waals surface area contributed by atoms with Crippen molar-refractivity contribution in [3.05, 3.63) is 29.8 Å². The molecule has 0 unspecified atom stereocenters. The van der Waals surface area contributed by atoms with Gasteiger partial charge >= 0.3 is 0 Å². The lowest BCUT2D eigenvalue weighted by Gasteiger charge is -2.10. The summed E-state index contributed by atoms with van der Waals surface area (Å²) in [5.74, 6) is -0.358. The van der Waals surface area contributed by atoms with Gasteiger partial charge in [-0.1, -0.05) is 12.1 Å². The molecule has 0 fully saturated rings. The van der Waals surface area contributed by atoms with Gasteiger partial charge < -0.3 is 11.1 Å². The number of carbonyl (C=O) groups is 1. The topological polar surface area (TPSA) is 101 Å². The molecule has 4 N–H and O–H groups in total. The Balaban J connectivity index is 2.66. The Morgan fingerprint density at radius 2 is 1.85 bits per heavy atom. The first-order chi connectivity index (χ1) is 9.35. The van der Waals surface area contributed by atoms with Gasteiger partial charge in [0.05, 0.1) is 11.4 Å². The highest BCUT2D eigenvalue weighted by Crippen LogP contribution is 2.10. The Labute approximate surface area is 119 Å². The SMILES string of the molecule is CC(C)NC(=O)CNS(=O)(=O)c1ccc(CCN)cc1. The number of benzene rings is 1. The van der Waals surface area contributed by atoms with Crippen molar-refractivity contribution in [3.63, 3.8) is 0 Å². The van der Waals surface area contributed by atoms with Crippen LogP contribution in [-0.4, -0.2) is 33.5 Å². The highest BCUT2D eigenvalue weighted by Gasteiger charge is 2.15. The predicted octanol–water partition coefficient (Wildman–Crippen LogP) is -0.00930. The zero-order valence-corrected chi connectivity index (χ0v) is 12.5. The highest BCUT2D eigenvalue weighted by atomic mass is 32.2. The van der Waals surface area contributed by atoms with Crippen molar-refractivity contribution in [2.75, 3.05) is 13.1 Å². The van der Waals surface area contributed by atoms with Crippen molar-refractivity contribution >= 4 is 15.9 Å². The highest BCUT2D eigenvalue weighted by molar-refractivity contribution is 7.89. The molecule has 0 aliphatic carbocycles. The summed E-state index contributed by atoms with van der Waals surface area (Å²) in [5, 5.41) is 2.61. The number of hydrogen-bond donors (Lipinski definition) is 3. The van der Waals surface area contributed by atoms with Crippen LogP contribution < -0.4 is 15.8 Å².